The van der Waals surface area contributed by atoms with Crippen molar-refractivity contribution in [1.29, 1.82) is 5.26 Å². The molecule has 0 bridgehead atoms. The summed E-state index contributed by atoms with van der Waals surface area (Å²) in [5.74, 6) is 0.258. The summed E-state index contributed by atoms with van der Waals surface area (Å²) >= 11 is 6.15. The molecule has 0 aliphatic carbocycles. The van der Waals surface area contributed by atoms with Gasteiger partial charge in [-0.2, -0.15) is 10.4 Å². The van der Waals surface area contributed by atoms with Crippen molar-refractivity contribution in [2.75, 3.05) is 0 Å². The summed E-state index contributed by atoms with van der Waals surface area (Å²) in [6.45, 7) is 0.322. The second kappa shape index (κ2) is 9.36. The first kappa shape index (κ1) is 19.2. The Hall–Kier alpha value is -3.62. The molecule has 3 rings (SSSR count). The molecule has 3 aromatic carbocycles. The Morgan fingerprint density at radius 3 is 2.54 bits per heavy atom. The third-order valence-electron chi connectivity index (χ3n) is 3.91. The summed E-state index contributed by atoms with van der Waals surface area (Å²) in [6.07, 6.45) is 1.52. The molecule has 0 aliphatic heterocycles. The van der Waals surface area contributed by atoms with Crippen LogP contribution in [0.15, 0.2) is 77.9 Å². The van der Waals surface area contributed by atoms with E-state index < -0.39 is 0 Å². The molecule has 0 aromatic heterocycles. The third kappa shape index (κ3) is 4.97. The Bertz CT molecular complexity index is 1040. The zero-order chi connectivity index (χ0) is 19.8. The molecule has 0 saturated carbocycles. The van der Waals surface area contributed by atoms with E-state index in [0.717, 1.165) is 11.1 Å². The molecule has 0 unspecified atom stereocenters. The van der Waals surface area contributed by atoms with Gasteiger partial charge >= 0.3 is 0 Å². The van der Waals surface area contributed by atoms with Gasteiger partial charge in [0.15, 0.2) is 0 Å². The van der Waals surface area contributed by atoms with Gasteiger partial charge in [-0.1, -0.05) is 41.9 Å². The van der Waals surface area contributed by atoms with E-state index in [1.54, 1.807) is 24.3 Å². The molecular weight excluding hydrogens is 374 g/mol. The van der Waals surface area contributed by atoms with E-state index in [-0.39, 0.29) is 5.91 Å². The van der Waals surface area contributed by atoms with Crippen LogP contribution in [0.4, 0.5) is 0 Å². The first-order chi connectivity index (χ1) is 13.7. The zero-order valence-electron chi connectivity index (χ0n) is 14.8. The summed E-state index contributed by atoms with van der Waals surface area (Å²) in [6, 6.07) is 23.2. The number of ether oxygens (including phenoxy) is 1. The lowest BCUT2D eigenvalue weighted by atomic mass is 10.1. The van der Waals surface area contributed by atoms with E-state index in [2.05, 4.69) is 10.5 Å². The van der Waals surface area contributed by atoms with Gasteiger partial charge in [-0.25, -0.2) is 5.43 Å². The van der Waals surface area contributed by atoms with E-state index in [1.165, 1.54) is 6.21 Å². The quantitative estimate of drug-likeness (QED) is 0.496. The highest BCUT2D eigenvalue weighted by atomic mass is 35.5. The molecule has 0 aliphatic rings. The van der Waals surface area contributed by atoms with Gasteiger partial charge in [-0.05, 0) is 42.5 Å². The molecule has 1 N–H and O–H groups in total. The molecule has 6 heteroatoms. The van der Waals surface area contributed by atoms with Crippen LogP contribution >= 0.6 is 11.6 Å². The van der Waals surface area contributed by atoms with Crippen LogP contribution in [0.5, 0.6) is 5.75 Å². The second-order valence-corrected chi connectivity index (χ2v) is 6.21. The van der Waals surface area contributed by atoms with Crippen LogP contribution in [0.2, 0.25) is 5.02 Å². The molecule has 0 atom stereocenters. The number of carbonyl (C=O) groups excluding carboxylic acids is 1. The molecular formula is C22H16ClN3O2. The number of halogens is 1. The van der Waals surface area contributed by atoms with Crippen molar-refractivity contribution in [3.63, 3.8) is 0 Å². The maximum Gasteiger partial charge on any atom is 0.271 e. The second-order valence-electron chi connectivity index (χ2n) is 5.81. The lowest BCUT2D eigenvalue weighted by Crippen LogP contribution is -2.17. The van der Waals surface area contributed by atoms with E-state index in [9.17, 15) is 4.79 Å². The van der Waals surface area contributed by atoms with Crippen LogP contribution in [0.1, 0.15) is 27.0 Å². The van der Waals surface area contributed by atoms with Crippen LogP contribution in [-0.2, 0) is 6.61 Å². The Morgan fingerprint density at radius 2 is 1.79 bits per heavy atom. The number of hydrogen-bond acceptors (Lipinski definition) is 4. The summed E-state index contributed by atoms with van der Waals surface area (Å²) < 4.78 is 5.85. The number of para-hydroxylation sites is 1. The van der Waals surface area contributed by atoms with Crippen molar-refractivity contribution >= 4 is 23.7 Å². The predicted molar refractivity (Wildman–Crippen MR) is 108 cm³/mol. The van der Waals surface area contributed by atoms with Crippen LogP contribution in [-0.4, -0.2) is 12.1 Å². The Morgan fingerprint density at radius 1 is 1.07 bits per heavy atom. The third-order valence-corrected chi connectivity index (χ3v) is 4.27. The monoisotopic (exact) mass is 389 g/mol. The highest BCUT2D eigenvalue weighted by Gasteiger charge is 2.06. The number of nitriles is 1. The Labute approximate surface area is 167 Å². The van der Waals surface area contributed by atoms with Crippen molar-refractivity contribution in [1.82, 2.24) is 5.43 Å². The normalized spacial score (nSPS) is 10.4. The predicted octanol–water partition coefficient (Wildman–Crippen LogP) is 4.55. The number of nitrogens with one attached hydrogen (secondary N) is 1. The number of rotatable bonds is 6. The fraction of sp³-hybridized carbons (Fsp3) is 0.0455. The number of nitrogens with zero attached hydrogens (tertiary/aromatic N) is 2. The number of benzene rings is 3. The molecule has 0 spiro atoms. The van der Waals surface area contributed by atoms with Crippen molar-refractivity contribution in [2.24, 2.45) is 5.10 Å². The average Bonchev–Trinajstić information content (AvgIpc) is 2.74. The van der Waals surface area contributed by atoms with Gasteiger partial charge < -0.3 is 4.74 Å². The van der Waals surface area contributed by atoms with E-state index >= 15 is 0 Å². The minimum Gasteiger partial charge on any atom is -0.488 e. The summed E-state index contributed by atoms with van der Waals surface area (Å²) in [4.78, 5) is 12.1. The molecule has 138 valence electrons. The standard InChI is InChI=1S/C22H16ClN3O2/c23-20-7-3-1-6-19(20)15-28-21-8-4-2-5-18(21)14-25-26-22(27)17-11-9-16(13-24)10-12-17/h1-12,14H,15H2,(H,26,27)/b25-14+. The van der Waals surface area contributed by atoms with Crippen LogP contribution < -0.4 is 10.2 Å². The largest absolute Gasteiger partial charge is 0.488 e. The maximum atomic E-state index is 12.1. The van der Waals surface area contributed by atoms with Gasteiger partial charge in [-0.15, -0.1) is 0 Å². The first-order valence-corrected chi connectivity index (χ1v) is 8.84. The Balaban J connectivity index is 1.64. The summed E-state index contributed by atoms with van der Waals surface area (Å²) in [5.41, 5.74) is 4.97. The van der Waals surface area contributed by atoms with Gasteiger partial charge in [0.1, 0.15) is 12.4 Å². The lowest BCUT2D eigenvalue weighted by Gasteiger charge is -2.10. The lowest BCUT2D eigenvalue weighted by molar-refractivity contribution is 0.0955. The van der Waals surface area contributed by atoms with E-state index in [4.69, 9.17) is 21.6 Å². The molecule has 5 nitrogen and oxygen atoms in total. The van der Waals surface area contributed by atoms with E-state index in [0.29, 0.717) is 28.5 Å². The molecule has 0 fully saturated rings. The minimum absolute atomic E-state index is 0.322. The Kier molecular flexibility index (Phi) is 6.40. The smallest absolute Gasteiger partial charge is 0.271 e. The fourth-order valence-electron chi connectivity index (χ4n) is 2.41. The number of carbonyl (C=O) groups is 1. The van der Waals surface area contributed by atoms with Crippen LogP contribution in [0, 0.1) is 11.3 Å². The topological polar surface area (TPSA) is 74.5 Å². The summed E-state index contributed by atoms with van der Waals surface area (Å²) in [5, 5.41) is 13.4. The van der Waals surface area contributed by atoms with Gasteiger partial charge in [0.25, 0.3) is 5.91 Å². The molecule has 3 aromatic rings. The minimum atomic E-state index is -0.366. The van der Waals surface area contributed by atoms with Gasteiger partial charge in [-0.3, -0.25) is 4.79 Å². The SMILES string of the molecule is N#Cc1ccc(C(=O)N/N=C/c2ccccc2OCc2ccccc2Cl)cc1. The molecule has 0 heterocycles. The van der Waals surface area contributed by atoms with Crippen molar-refractivity contribution in [3.8, 4) is 11.8 Å². The highest BCUT2D eigenvalue weighted by molar-refractivity contribution is 6.31. The molecule has 0 radical (unpaired) electrons. The van der Waals surface area contributed by atoms with Crippen molar-refractivity contribution in [3.05, 3.63) is 100 Å². The molecule has 1 amide bonds. The number of hydrazone groups is 1. The maximum absolute atomic E-state index is 12.1. The average molecular weight is 390 g/mol. The van der Waals surface area contributed by atoms with Crippen LogP contribution in [0.3, 0.4) is 0 Å². The molecule has 0 saturated heterocycles. The van der Waals surface area contributed by atoms with Gasteiger partial charge in [0, 0.05) is 21.7 Å². The highest BCUT2D eigenvalue weighted by Crippen LogP contribution is 2.20. The van der Waals surface area contributed by atoms with Crippen LogP contribution in [0.25, 0.3) is 0 Å². The van der Waals surface area contributed by atoms with Gasteiger partial charge in [0.2, 0.25) is 0 Å². The molecule has 28 heavy (non-hydrogen) atoms. The zero-order valence-corrected chi connectivity index (χ0v) is 15.6. The van der Waals surface area contributed by atoms with E-state index in [1.807, 2.05) is 54.6 Å². The van der Waals surface area contributed by atoms with Crippen molar-refractivity contribution in [2.45, 2.75) is 6.61 Å². The first-order valence-electron chi connectivity index (χ1n) is 8.46. The number of amides is 1. The van der Waals surface area contributed by atoms with Gasteiger partial charge in [0.05, 0.1) is 17.8 Å². The number of hydrogen-bond donors (Lipinski definition) is 1. The van der Waals surface area contributed by atoms with Crippen molar-refractivity contribution < 1.29 is 9.53 Å². The summed E-state index contributed by atoms with van der Waals surface area (Å²) in [7, 11) is 0. The fourth-order valence-corrected chi connectivity index (χ4v) is 2.60.